The third kappa shape index (κ3) is 4.59. The van der Waals surface area contributed by atoms with Crippen molar-refractivity contribution in [2.45, 2.75) is 13.0 Å². The number of aryl methyl sites for hydroxylation is 1. The molecule has 1 atom stereocenters. The summed E-state index contributed by atoms with van der Waals surface area (Å²) in [5.74, 6) is -0.609. The second-order valence-electron chi connectivity index (χ2n) is 9.16. The molecule has 2 aromatic heterocycles. The van der Waals surface area contributed by atoms with Gasteiger partial charge in [-0.1, -0.05) is 34.1 Å². The van der Waals surface area contributed by atoms with Gasteiger partial charge >= 0.3 is 0 Å². The predicted octanol–water partition coefficient (Wildman–Crippen LogP) is 7.47. The van der Waals surface area contributed by atoms with Crippen molar-refractivity contribution in [2.75, 3.05) is 4.90 Å². The lowest BCUT2D eigenvalue weighted by atomic mass is 9.96. The summed E-state index contributed by atoms with van der Waals surface area (Å²) in [6.45, 7) is 1.98. The third-order valence-electron chi connectivity index (χ3n) is 6.50. The Morgan fingerprint density at radius 2 is 1.82 bits per heavy atom. The van der Waals surface area contributed by atoms with Crippen molar-refractivity contribution in [3.05, 3.63) is 130 Å². The van der Waals surface area contributed by atoms with Crippen molar-refractivity contribution < 1.29 is 23.8 Å². The second kappa shape index (κ2) is 9.89. The average molecular weight is 581 g/mol. The highest BCUT2D eigenvalue weighted by Crippen LogP contribution is 2.42. The van der Waals surface area contributed by atoms with E-state index in [0.717, 1.165) is 15.4 Å². The molecule has 0 saturated carbocycles. The second-order valence-corrected chi connectivity index (χ2v) is 10.1. The summed E-state index contributed by atoms with van der Waals surface area (Å²) in [6, 6.07) is 24.1. The number of halogens is 1. The lowest BCUT2D eigenvalue weighted by molar-refractivity contribution is -0.117. The number of amides is 1. The van der Waals surface area contributed by atoms with Gasteiger partial charge in [0.25, 0.3) is 5.91 Å². The molecule has 39 heavy (non-hydrogen) atoms. The van der Waals surface area contributed by atoms with Crippen LogP contribution in [0.1, 0.15) is 27.7 Å². The fourth-order valence-corrected chi connectivity index (χ4v) is 5.08. The summed E-state index contributed by atoms with van der Waals surface area (Å²) in [4.78, 5) is 32.8. The maximum Gasteiger partial charge on any atom is 0.294 e. The van der Waals surface area contributed by atoms with Gasteiger partial charge in [0.2, 0.25) is 5.78 Å². The molecule has 0 fully saturated rings. The lowest BCUT2D eigenvalue weighted by Crippen LogP contribution is -2.31. The maximum absolute atomic E-state index is 13.8. The number of ether oxygens (including phenoxy) is 1. The van der Waals surface area contributed by atoms with Crippen molar-refractivity contribution in [1.29, 1.82) is 0 Å². The van der Waals surface area contributed by atoms with Crippen molar-refractivity contribution in [2.24, 2.45) is 0 Å². The highest BCUT2D eigenvalue weighted by molar-refractivity contribution is 9.10. The van der Waals surface area contributed by atoms with E-state index in [1.54, 1.807) is 60.9 Å². The van der Waals surface area contributed by atoms with Crippen LogP contribution in [0.3, 0.4) is 0 Å². The molecule has 3 heterocycles. The molecule has 192 valence electrons. The Balaban J connectivity index is 1.38. The molecule has 3 aromatic carbocycles. The van der Waals surface area contributed by atoms with Gasteiger partial charge in [-0.05, 0) is 84.8 Å². The van der Waals surface area contributed by atoms with E-state index in [1.165, 1.54) is 4.90 Å². The summed E-state index contributed by atoms with van der Waals surface area (Å²) in [7, 11) is 0. The number of furan rings is 1. The van der Waals surface area contributed by atoms with Gasteiger partial charge in [-0.3, -0.25) is 19.5 Å². The number of carbonyl (C=O) groups excluding carboxylic acids is 2. The Bertz CT molecular complexity index is 1760. The maximum atomic E-state index is 13.8. The largest absolute Gasteiger partial charge is 0.503 e. The first-order valence-electron chi connectivity index (χ1n) is 12.1. The molecule has 0 bridgehead atoms. The highest BCUT2D eigenvalue weighted by atomic mass is 79.9. The molecule has 1 aliphatic heterocycles. The number of benzene rings is 3. The van der Waals surface area contributed by atoms with E-state index in [2.05, 4.69) is 20.9 Å². The number of fused-ring (bicyclic) bond motifs is 1. The molecule has 6 rings (SSSR count). The number of aromatic nitrogens is 1. The number of anilines is 1. The molecule has 1 N–H and O–H groups in total. The Hall–Kier alpha value is -4.69. The minimum atomic E-state index is -0.915. The molecule has 0 spiro atoms. The number of Topliss-reactive ketones (excluding diaryl/α,β-unsaturated/α-hetero) is 1. The van der Waals surface area contributed by atoms with Crippen molar-refractivity contribution in [1.82, 2.24) is 4.98 Å². The van der Waals surface area contributed by atoms with E-state index in [0.29, 0.717) is 28.3 Å². The smallest absolute Gasteiger partial charge is 0.294 e. The van der Waals surface area contributed by atoms with Crippen LogP contribution in [0.25, 0.3) is 11.0 Å². The van der Waals surface area contributed by atoms with Gasteiger partial charge in [0.1, 0.15) is 17.1 Å². The zero-order valence-corrected chi connectivity index (χ0v) is 22.3. The van der Waals surface area contributed by atoms with Crippen LogP contribution >= 0.6 is 15.9 Å². The normalized spacial score (nSPS) is 15.3. The number of ketones is 1. The first-order valence-corrected chi connectivity index (χ1v) is 12.9. The Labute approximate surface area is 232 Å². The van der Waals surface area contributed by atoms with Crippen LogP contribution in [0, 0.1) is 6.92 Å². The number of aliphatic hydroxyl groups is 1. The van der Waals surface area contributed by atoms with Crippen LogP contribution in [0.2, 0.25) is 0 Å². The lowest BCUT2D eigenvalue weighted by Gasteiger charge is -2.26. The van der Waals surface area contributed by atoms with E-state index in [1.807, 2.05) is 43.3 Å². The fraction of sp³-hybridized carbons (Fsp3) is 0.0645. The third-order valence-corrected chi connectivity index (χ3v) is 6.99. The van der Waals surface area contributed by atoms with E-state index in [4.69, 9.17) is 9.15 Å². The monoisotopic (exact) mass is 580 g/mol. The first kappa shape index (κ1) is 24.6. The minimum absolute atomic E-state index is 0.0232. The Morgan fingerprint density at radius 3 is 2.56 bits per heavy atom. The minimum Gasteiger partial charge on any atom is -0.503 e. The van der Waals surface area contributed by atoms with Crippen LogP contribution in [0.15, 0.2) is 118 Å². The molecule has 7 nitrogen and oxygen atoms in total. The summed E-state index contributed by atoms with van der Waals surface area (Å²) in [6.07, 6.45) is 3.17. The number of rotatable bonds is 6. The zero-order valence-electron chi connectivity index (χ0n) is 20.7. The summed E-state index contributed by atoms with van der Waals surface area (Å²) in [5.41, 5.74) is 2.56. The molecule has 0 aliphatic carbocycles. The number of pyridine rings is 1. The molecular formula is C31H21BrN2O5. The number of nitrogens with zero attached hydrogens (tertiary/aromatic N) is 2. The Kier molecular flexibility index (Phi) is 6.24. The summed E-state index contributed by atoms with van der Waals surface area (Å²) < 4.78 is 12.6. The van der Waals surface area contributed by atoms with E-state index in [9.17, 15) is 14.7 Å². The molecule has 8 heteroatoms. The van der Waals surface area contributed by atoms with Crippen LogP contribution in [0.4, 0.5) is 5.69 Å². The van der Waals surface area contributed by atoms with Gasteiger partial charge in [-0.15, -0.1) is 0 Å². The van der Waals surface area contributed by atoms with E-state index in [-0.39, 0.29) is 11.3 Å². The topological polar surface area (TPSA) is 92.9 Å². The van der Waals surface area contributed by atoms with Gasteiger partial charge in [0, 0.05) is 27.9 Å². The van der Waals surface area contributed by atoms with Gasteiger partial charge in [-0.2, -0.15) is 0 Å². The van der Waals surface area contributed by atoms with Crippen molar-refractivity contribution in [3.63, 3.8) is 0 Å². The van der Waals surface area contributed by atoms with Crippen molar-refractivity contribution in [3.8, 4) is 11.5 Å². The van der Waals surface area contributed by atoms with Crippen molar-refractivity contribution >= 4 is 44.3 Å². The molecule has 5 aromatic rings. The Morgan fingerprint density at radius 1 is 1.00 bits per heavy atom. The van der Waals surface area contributed by atoms with E-state index >= 15 is 0 Å². The molecule has 0 radical (unpaired) electrons. The van der Waals surface area contributed by atoms with Crippen LogP contribution in [-0.4, -0.2) is 21.8 Å². The zero-order chi connectivity index (χ0) is 27.1. The number of aliphatic hydroxyl groups excluding tert-OH is 1. The number of carbonyl (C=O) groups is 2. The predicted molar refractivity (Wildman–Crippen MR) is 150 cm³/mol. The molecule has 0 saturated heterocycles. The van der Waals surface area contributed by atoms with Gasteiger partial charge in [-0.25, -0.2) is 0 Å². The first-order chi connectivity index (χ1) is 18.9. The SMILES string of the molecule is Cc1cccc(Oc2ccc(N3C(=O)C(O)=C(C(=O)c4cc5cc(Br)ccc5o4)C3c3cccnc3)cc2)c1. The van der Waals surface area contributed by atoms with Crippen LogP contribution in [-0.2, 0) is 4.79 Å². The molecular weight excluding hydrogens is 560 g/mol. The van der Waals surface area contributed by atoms with Gasteiger partial charge in [0.15, 0.2) is 11.5 Å². The average Bonchev–Trinajstić information content (AvgIpc) is 3.47. The standard InChI is InChI=1S/C31H21BrN2O5/c1-18-4-2-6-24(14-18)38-23-10-8-22(9-11-23)34-28(19-5-3-13-33-17-19)27(30(36)31(34)37)29(35)26-16-20-15-21(32)7-12-25(20)39-26/h2-17,28,36H,1H3. The molecule has 1 aliphatic rings. The van der Waals surface area contributed by atoms with Crippen LogP contribution < -0.4 is 9.64 Å². The molecule has 1 amide bonds. The summed E-state index contributed by atoms with van der Waals surface area (Å²) in [5, 5.41) is 11.7. The fourth-order valence-electron chi connectivity index (χ4n) is 4.71. The van der Waals surface area contributed by atoms with E-state index < -0.39 is 23.5 Å². The van der Waals surface area contributed by atoms with Gasteiger partial charge < -0.3 is 14.3 Å². The van der Waals surface area contributed by atoms with Crippen LogP contribution in [0.5, 0.6) is 11.5 Å². The van der Waals surface area contributed by atoms with Gasteiger partial charge in [0.05, 0.1) is 11.6 Å². The highest BCUT2D eigenvalue weighted by Gasteiger charge is 2.45. The molecule has 1 unspecified atom stereocenters. The quantitative estimate of drug-likeness (QED) is 0.209. The number of hydrogen-bond acceptors (Lipinski definition) is 6. The summed E-state index contributed by atoms with van der Waals surface area (Å²) >= 11 is 3.42. The number of hydrogen-bond donors (Lipinski definition) is 1.